The number of hydrogen-bond acceptors (Lipinski definition) is 4. The van der Waals surface area contributed by atoms with Crippen LogP contribution in [-0.2, 0) is 16.0 Å². The first-order chi connectivity index (χ1) is 9.47. The molecule has 0 saturated heterocycles. The molecule has 0 bridgehead atoms. The third-order valence-corrected chi connectivity index (χ3v) is 3.80. The third kappa shape index (κ3) is 3.36. The number of aliphatic carboxylic acids is 1. The van der Waals surface area contributed by atoms with Gasteiger partial charge < -0.3 is 10.4 Å². The van der Waals surface area contributed by atoms with E-state index in [-0.39, 0.29) is 18.2 Å². The predicted molar refractivity (Wildman–Crippen MR) is 75.8 cm³/mol. The zero-order valence-corrected chi connectivity index (χ0v) is 12.2. The minimum absolute atomic E-state index is 0.151. The van der Waals surface area contributed by atoms with Gasteiger partial charge in [0.2, 0.25) is 5.91 Å². The SMILES string of the molecule is CC(C)CC(NC(=O)Cc1csc2nccn12)C(=O)O. The summed E-state index contributed by atoms with van der Waals surface area (Å²) in [5, 5.41) is 13.5. The lowest BCUT2D eigenvalue weighted by Gasteiger charge is -2.16. The van der Waals surface area contributed by atoms with Crippen molar-refractivity contribution in [3.8, 4) is 0 Å². The van der Waals surface area contributed by atoms with E-state index < -0.39 is 12.0 Å². The predicted octanol–water partition coefficient (Wildman–Crippen LogP) is 1.55. The number of hydrogen-bond donors (Lipinski definition) is 2. The molecule has 2 aromatic rings. The van der Waals surface area contributed by atoms with E-state index in [4.69, 9.17) is 5.11 Å². The van der Waals surface area contributed by atoms with E-state index in [0.717, 1.165) is 10.7 Å². The molecule has 0 aliphatic rings. The lowest BCUT2D eigenvalue weighted by Crippen LogP contribution is -2.42. The zero-order valence-electron chi connectivity index (χ0n) is 11.4. The van der Waals surface area contributed by atoms with Crippen molar-refractivity contribution >= 4 is 28.2 Å². The Morgan fingerprint density at radius 1 is 1.50 bits per heavy atom. The summed E-state index contributed by atoms with van der Waals surface area (Å²) in [5.41, 5.74) is 0.814. The summed E-state index contributed by atoms with van der Waals surface area (Å²) in [4.78, 5) is 28.0. The number of amides is 1. The lowest BCUT2D eigenvalue weighted by atomic mass is 10.0. The minimum Gasteiger partial charge on any atom is -0.480 e. The molecule has 1 atom stereocenters. The molecule has 0 saturated carbocycles. The van der Waals surface area contributed by atoms with Crippen molar-refractivity contribution in [2.75, 3.05) is 0 Å². The van der Waals surface area contributed by atoms with Crippen LogP contribution in [0.15, 0.2) is 17.8 Å². The van der Waals surface area contributed by atoms with Crippen LogP contribution in [0.25, 0.3) is 4.96 Å². The van der Waals surface area contributed by atoms with Gasteiger partial charge in [0.05, 0.1) is 6.42 Å². The Labute approximate surface area is 120 Å². The molecular weight excluding hydrogens is 278 g/mol. The van der Waals surface area contributed by atoms with Gasteiger partial charge in [0.25, 0.3) is 0 Å². The highest BCUT2D eigenvalue weighted by Crippen LogP contribution is 2.15. The quantitative estimate of drug-likeness (QED) is 0.847. The lowest BCUT2D eigenvalue weighted by molar-refractivity contribution is -0.142. The first-order valence-corrected chi connectivity index (χ1v) is 7.27. The highest BCUT2D eigenvalue weighted by Gasteiger charge is 2.21. The van der Waals surface area contributed by atoms with Gasteiger partial charge >= 0.3 is 5.97 Å². The smallest absolute Gasteiger partial charge is 0.326 e. The summed E-state index contributed by atoms with van der Waals surface area (Å²) in [7, 11) is 0. The third-order valence-electron chi connectivity index (χ3n) is 2.90. The average molecular weight is 295 g/mol. The van der Waals surface area contributed by atoms with Gasteiger partial charge in [0.1, 0.15) is 6.04 Å². The van der Waals surface area contributed by atoms with Crippen molar-refractivity contribution in [1.29, 1.82) is 0 Å². The number of nitrogens with one attached hydrogen (secondary N) is 1. The van der Waals surface area contributed by atoms with Crippen molar-refractivity contribution in [2.24, 2.45) is 5.92 Å². The molecule has 1 amide bonds. The average Bonchev–Trinajstić information content (AvgIpc) is 2.92. The molecule has 20 heavy (non-hydrogen) atoms. The summed E-state index contributed by atoms with van der Waals surface area (Å²) < 4.78 is 1.84. The summed E-state index contributed by atoms with van der Waals surface area (Å²) in [6.07, 6.45) is 4.03. The number of carboxylic acid groups (broad SMARTS) is 1. The maximum Gasteiger partial charge on any atom is 0.326 e. The van der Waals surface area contributed by atoms with E-state index >= 15 is 0 Å². The molecule has 2 heterocycles. The molecule has 0 spiro atoms. The molecule has 2 N–H and O–H groups in total. The standard InChI is InChI=1S/C13H17N3O3S/c1-8(2)5-10(12(18)19)15-11(17)6-9-7-20-13-14-3-4-16(9)13/h3-4,7-8,10H,5-6H2,1-2H3,(H,15,17)(H,18,19). The Hall–Kier alpha value is -1.89. The molecule has 1 unspecified atom stereocenters. The second-order valence-corrected chi connectivity index (χ2v) is 5.91. The number of rotatable bonds is 6. The van der Waals surface area contributed by atoms with Crippen molar-refractivity contribution < 1.29 is 14.7 Å². The zero-order chi connectivity index (χ0) is 14.7. The molecule has 0 fully saturated rings. The molecule has 0 radical (unpaired) electrons. The molecular formula is C13H17N3O3S. The highest BCUT2D eigenvalue weighted by atomic mass is 32.1. The van der Waals surface area contributed by atoms with E-state index in [0.29, 0.717) is 6.42 Å². The van der Waals surface area contributed by atoms with Gasteiger partial charge in [0, 0.05) is 23.5 Å². The maximum absolute atomic E-state index is 12.0. The number of carboxylic acids is 1. The number of aromatic nitrogens is 2. The van der Waals surface area contributed by atoms with Crippen LogP contribution in [0.1, 0.15) is 26.0 Å². The van der Waals surface area contributed by atoms with Crippen molar-refractivity contribution in [2.45, 2.75) is 32.7 Å². The second kappa shape index (κ2) is 6.04. The van der Waals surface area contributed by atoms with E-state index in [1.54, 1.807) is 12.4 Å². The molecule has 0 aromatic carbocycles. The number of fused-ring (bicyclic) bond motifs is 1. The van der Waals surface area contributed by atoms with E-state index in [1.807, 2.05) is 23.6 Å². The van der Waals surface area contributed by atoms with Crippen LogP contribution in [0, 0.1) is 5.92 Å². The van der Waals surface area contributed by atoms with Gasteiger partial charge in [0.15, 0.2) is 4.96 Å². The number of carbonyl (C=O) groups is 2. The van der Waals surface area contributed by atoms with Crippen LogP contribution < -0.4 is 5.32 Å². The number of nitrogens with zero attached hydrogens (tertiary/aromatic N) is 2. The Kier molecular flexibility index (Phi) is 4.39. The fraction of sp³-hybridized carbons (Fsp3) is 0.462. The first-order valence-electron chi connectivity index (χ1n) is 6.39. The van der Waals surface area contributed by atoms with Gasteiger partial charge in [-0.05, 0) is 12.3 Å². The van der Waals surface area contributed by atoms with Gasteiger partial charge in [-0.1, -0.05) is 13.8 Å². The molecule has 2 aromatic heterocycles. The molecule has 2 rings (SSSR count). The van der Waals surface area contributed by atoms with Crippen LogP contribution >= 0.6 is 11.3 Å². The van der Waals surface area contributed by atoms with E-state index in [2.05, 4.69) is 10.3 Å². The van der Waals surface area contributed by atoms with Gasteiger partial charge in [-0.15, -0.1) is 11.3 Å². The van der Waals surface area contributed by atoms with Crippen molar-refractivity contribution in [1.82, 2.24) is 14.7 Å². The summed E-state index contributed by atoms with van der Waals surface area (Å²) in [6.45, 7) is 3.85. The fourth-order valence-electron chi connectivity index (χ4n) is 2.00. The number of thiazole rings is 1. The van der Waals surface area contributed by atoms with E-state index in [9.17, 15) is 9.59 Å². The van der Waals surface area contributed by atoms with Crippen LogP contribution in [-0.4, -0.2) is 32.4 Å². The maximum atomic E-state index is 12.0. The number of carbonyl (C=O) groups excluding carboxylic acids is 1. The first kappa shape index (κ1) is 14.5. The largest absolute Gasteiger partial charge is 0.480 e. The molecule has 6 nitrogen and oxygen atoms in total. The Morgan fingerprint density at radius 2 is 2.25 bits per heavy atom. The minimum atomic E-state index is -0.995. The van der Waals surface area contributed by atoms with Crippen molar-refractivity contribution in [3.63, 3.8) is 0 Å². The molecule has 0 aliphatic carbocycles. The second-order valence-electron chi connectivity index (χ2n) is 5.07. The normalized spacial score (nSPS) is 12.8. The molecule has 108 valence electrons. The Morgan fingerprint density at radius 3 is 2.90 bits per heavy atom. The molecule has 7 heteroatoms. The van der Waals surface area contributed by atoms with Crippen LogP contribution in [0.4, 0.5) is 0 Å². The van der Waals surface area contributed by atoms with E-state index in [1.165, 1.54) is 11.3 Å². The summed E-state index contributed by atoms with van der Waals surface area (Å²) in [6, 6.07) is -0.834. The number of imidazole rings is 1. The van der Waals surface area contributed by atoms with Crippen LogP contribution in [0.5, 0.6) is 0 Å². The molecule has 0 aliphatic heterocycles. The topological polar surface area (TPSA) is 83.7 Å². The fourth-order valence-corrected chi connectivity index (χ4v) is 2.85. The van der Waals surface area contributed by atoms with Gasteiger partial charge in [-0.3, -0.25) is 9.20 Å². The summed E-state index contributed by atoms with van der Waals surface area (Å²) >= 11 is 1.45. The van der Waals surface area contributed by atoms with Gasteiger partial charge in [-0.25, -0.2) is 9.78 Å². The summed E-state index contributed by atoms with van der Waals surface area (Å²) in [5.74, 6) is -1.07. The van der Waals surface area contributed by atoms with Crippen LogP contribution in [0.2, 0.25) is 0 Å². The Bertz CT molecular complexity index is 617. The highest BCUT2D eigenvalue weighted by molar-refractivity contribution is 7.15. The monoisotopic (exact) mass is 295 g/mol. The van der Waals surface area contributed by atoms with Crippen molar-refractivity contribution in [3.05, 3.63) is 23.5 Å². The van der Waals surface area contributed by atoms with Gasteiger partial charge in [-0.2, -0.15) is 0 Å². The Balaban J connectivity index is 2.01. The van der Waals surface area contributed by atoms with Crippen LogP contribution in [0.3, 0.4) is 0 Å².